The van der Waals surface area contributed by atoms with Gasteiger partial charge in [-0.05, 0) is 26.3 Å². The molecule has 0 aromatic heterocycles. The molecule has 1 aliphatic rings. The molecule has 0 aromatic carbocycles. The van der Waals surface area contributed by atoms with Crippen LogP contribution in [-0.4, -0.2) is 47.0 Å². The fourth-order valence-electron chi connectivity index (χ4n) is 2.25. The monoisotopic (exact) mass is 201 g/mol. The lowest BCUT2D eigenvalue weighted by Gasteiger charge is -2.29. The molecule has 1 saturated carbocycles. The van der Waals surface area contributed by atoms with Crippen molar-refractivity contribution in [2.75, 3.05) is 20.1 Å². The number of likely N-dealkylation sites (N-methyl/N-ethyl adjacent to an activating group) is 1. The van der Waals surface area contributed by atoms with Crippen LogP contribution in [-0.2, 0) is 0 Å². The van der Waals surface area contributed by atoms with Gasteiger partial charge in [0.1, 0.15) is 0 Å². The second-order valence-corrected chi connectivity index (χ2v) is 4.69. The van der Waals surface area contributed by atoms with E-state index in [4.69, 9.17) is 0 Å². The number of hydrogen-bond acceptors (Lipinski definition) is 3. The molecule has 0 bridgehead atoms. The zero-order valence-corrected chi connectivity index (χ0v) is 9.37. The Morgan fingerprint density at radius 2 is 1.93 bits per heavy atom. The van der Waals surface area contributed by atoms with Gasteiger partial charge in [-0.15, -0.1) is 0 Å². The van der Waals surface area contributed by atoms with Gasteiger partial charge in [-0.25, -0.2) is 0 Å². The van der Waals surface area contributed by atoms with Gasteiger partial charge in [-0.1, -0.05) is 19.8 Å². The zero-order valence-electron chi connectivity index (χ0n) is 9.37. The summed E-state index contributed by atoms with van der Waals surface area (Å²) in [6, 6.07) is 0. The maximum atomic E-state index is 10.1. The summed E-state index contributed by atoms with van der Waals surface area (Å²) in [5.74, 6) is 0. The zero-order chi connectivity index (χ0) is 10.6. The van der Waals surface area contributed by atoms with E-state index in [1.807, 2.05) is 18.9 Å². The molecular weight excluding hydrogens is 178 g/mol. The normalized spacial score (nSPS) is 22.9. The SMILES string of the molecule is CCC(O)CN(C)CC1(O)CCCC1. The lowest BCUT2D eigenvalue weighted by Crippen LogP contribution is -2.41. The quantitative estimate of drug-likeness (QED) is 0.697. The van der Waals surface area contributed by atoms with Gasteiger partial charge in [0.05, 0.1) is 11.7 Å². The van der Waals surface area contributed by atoms with Crippen LogP contribution in [0.25, 0.3) is 0 Å². The molecule has 14 heavy (non-hydrogen) atoms. The molecule has 0 saturated heterocycles. The summed E-state index contributed by atoms with van der Waals surface area (Å²) in [5.41, 5.74) is -0.484. The number of nitrogens with zero attached hydrogens (tertiary/aromatic N) is 1. The first kappa shape index (κ1) is 12.0. The Bertz CT molecular complexity index is 167. The Hall–Kier alpha value is -0.120. The maximum absolute atomic E-state index is 10.1. The van der Waals surface area contributed by atoms with Gasteiger partial charge in [0.2, 0.25) is 0 Å². The highest BCUT2D eigenvalue weighted by Gasteiger charge is 2.32. The van der Waals surface area contributed by atoms with Crippen LogP contribution in [0.4, 0.5) is 0 Å². The number of aliphatic hydroxyl groups is 2. The van der Waals surface area contributed by atoms with Crippen LogP contribution in [0.15, 0.2) is 0 Å². The van der Waals surface area contributed by atoms with Crippen molar-refractivity contribution in [3.05, 3.63) is 0 Å². The van der Waals surface area contributed by atoms with Crippen molar-refractivity contribution in [2.45, 2.75) is 50.7 Å². The molecule has 3 heteroatoms. The van der Waals surface area contributed by atoms with E-state index in [2.05, 4.69) is 0 Å². The van der Waals surface area contributed by atoms with E-state index < -0.39 is 5.60 Å². The first-order valence-electron chi connectivity index (χ1n) is 5.65. The predicted octanol–water partition coefficient (Wildman–Crippen LogP) is 0.994. The van der Waals surface area contributed by atoms with Crippen molar-refractivity contribution >= 4 is 0 Å². The molecule has 2 N–H and O–H groups in total. The van der Waals surface area contributed by atoms with Crippen molar-refractivity contribution < 1.29 is 10.2 Å². The Morgan fingerprint density at radius 1 is 1.36 bits per heavy atom. The van der Waals surface area contributed by atoms with Crippen LogP contribution >= 0.6 is 0 Å². The van der Waals surface area contributed by atoms with Crippen LogP contribution in [0.3, 0.4) is 0 Å². The number of aliphatic hydroxyl groups excluding tert-OH is 1. The lowest BCUT2D eigenvalue weighted by molar-refractivity contribution is 0.00478. The van der Waals surface area contributed by atoms with Gasteiger partial charge in [0, 0.05) is 13.1 Å². The molecule has 1 atom stereocenters. The minimum absolute atomic E-state index is 0.259. The van der Waals surface area contributed by atoms with Gasteiger partial charge in [0.15, 0.2) is 0 Å². The molecule has 0 amide bonds. The third kappa shape index (κ3) is 3.56. The van der Waals surface area contributed by atoms with Crippen LogP contribution in [0.1, 0.15) is 39.0 Å². The summed E-state index contributed by atoms with van der Waals surface area (Å²) >= 11 is 0. The molecule has 0 aromatic rings. The molecule has 1 aliphatic carbocycles. The summed E-state index contributed by atoms with van der Waals surface area (Å²) in [5, 5.41) is 19.6. The molecule has 0 spiro atoms. The van der Waals surface area contributed by atoms with Crippen LogP contribution in [0.5, 0.6) is 0 Å². The maximum Gasteiger partial charge on any atom is 0.0774 e. The molecule has 0 aliphatic heterocycles. The smallest absolute Gasteiger partial charge is 0.0774 e. The largest absolute Gasteiger partial charge is 0.392 e. The van der Waals surface area contributed by atoms with Crippen molar-refractivity contribution in [3.8, 4) is 0 Å². The van der Waals surface area contributed by atoms with Crippen LogP contribution < -0.4 is 0 Å². The Labute approximate surface area is 86.7 Å². The van der Waals surface area contributed by atoms with E-state index in [1.165, 1.54) is 0 Å². The van der Waals surface area contributed by atoms with Crippen LogP contribution in [0.2, 0.25) is 0 Å². The third-order valence-corrected chi connectivity index (χ3v) is 3.09. The fraction of sp³-hybridized carbons (Fsp3) is 1.00. The van der Waals surface area contributed by atoms with E-state index >= 15 is 0 Å². The van der Waals surface area contributed by atoms with Gasteiger partial charge in [0.25, 0.3) is 0 Å². The van der Waals surface area contributed by atoms with Gasteiger partial charge >= 0.3 is 0 Å². The van der Waals surface area contributed by atoms with E-state index in [0.717, 1.165) is 32.1 Å². The summed E-state index contributed by atoms with van der Waals surface area (Å²) in [6.45, 7) is 3.34. The highest BCUT2D eigenvalue weighted by atomic mass is 16.3. The van der Waals surface area contributed by atoms with E-state index in [0.29, 0.717) is 13.1 Å². The highest BCUT2D eigenvalue weighted by molar-refractivity contribution is 4.86. The number of hydrogen-bond donors (Lipinski definition) is 2. The fourth-order valence-corrected chi connectivity index (χ4v) is 2.25. The van der Waals surface area contributed by atoms with Crippen molar-refractivity contribution in [1.82, 2.24) is 4.90 Å². The average Bonchev–Trinajstić information content (AvgIpc) is 2.51. The summed E-state index contributed by atoms with van der Waals surface area (Å²) < 4.78 is 0. The summed E-state index contributed by atoms with van der Waals surface area (Å²) in [6.07, 6.45) is 4.63. The van der Waals surface area contributed by atoms with Gasteiger partial charge in [-0.2, -0.15) is 0 Å². The van der Waals surface area contributed by atoms with E-state index in [-0.39, 0.29) is 6.10 Å². The van der Waals surface area contributed by atoms with Crippen molar-refractivity contribution in [1.29, 1.82) is 0 Å². The Kier molecular flexibility index (Phi) is 4.35. The van der Waals surface area contributed by atoms with E-state index in [1.54, 1.807) is 0 Å². The third-order valence-electron chi connectivity index (χ3n) is 3.09. The standard InChI is InChI=1S/C11H23NO2/c1-3-10(13)8-12(2)9-11(14)6-4-5-7-11/h10,13-14H,3-9H2,1-2H3. The molecule has 84 valence electrons. The first-order chi connectivity index (χ1) is 6.56. The van der Waals surface area contributed by atoms with Crippen molar-refractivity contribution in [2.24, 2.45) is 0 Å². The topological polar surface area (TPSA) is 43.7 Å². The first-order valence-corrected chi connectivity index (χ1v) is 5.65. The summed E-state index contributed by atoms with van der Waals surface area (Å²) in [4.78, 5) is 2.04. The molecule has 1 rings (SSSR count). The molecule has 0 radical (unpaired) electrons. The average molecular weight is 201 g/mol. The molecule has 0 heterocycles. The minimum Gasteiger partial charge on any atom is -0.392 e. The molecule has 1 fully saturated rings. The Balaban J connectivity index is 2.28. The highest BCUT2D eigenvalue weighted by Crippen LogP contribution is 2.29. The van der Waals surface area contributed by atoms with Crippen LogP contribution in [0, 0.1) is 0 Å². The van der Waals surface area contributed by atoms with Gasteiger partial charge in [-0.3, -0.25) is 0 Å². The second-order valence-electron chi connectivity index (χ2n) is 4.69. The van der Waals surface area contributed by atoms with E-state index in [9.17, 15) is 10.2 Å². The predicted molar refractivity (Wildman–Crippen MR) is 57.2 cm³/mol. The second kappa shape index (κ2) is 5.10. The Morgan fingerprint density at radius 3 is 2.43 bits per heavy atom. The lowest BCUT2D eigenvalue weighted by atomic mass is 10.0. The molecular formula is C11H23NO2. The molecule has 1 unspecified atom stereocenters. The number of rotatable bonds is 5. The molecule has 3 nitrogen and oxygen atoms in total. The van der Waals surface area contributed by atoms with Gasteiger partial charge < -0.3 is 15.1 Å². The minimum atomic E-state index is -0.484. The summed E-state index contributed by atoms with van der Waals surface area (Å²) in [7, 11) is 1.97. The van der Waals surface area contributed by atoms with Crippen molar-refractivity contribution in [3.63, 3.8) is 0 Å².